The van der Waals surface area contributed by atoms with Crippen LogP contribution in [0.15, 0.2) is 42.5 Å². The van der Waals surface area contributed by atoms with Gasteiger partial charge in [-0.15, -0.1) is 0 Å². The molecule has 1 heterocycles. The predicted molar refractivity (Wildman–Crippen MR) is 144 cm³/mol. The third-order valence-electron chi connectivity index (χ3n) is 8.42. The Labute approximate surface area is 218 Å². The number of benzene rings is 2. The first kappa shape index (κ1) is 27.5. The number of urea groups is 1. The Balaban J connectivity index is 1.84. The summed E-state index contributed by atoms with van der Waals surface area (Å²) in [5, 5.41) is 0.0494. The van der Waals surface area contributed by atoms with Gasteiger partial charge in [-0.3, -0.25) is 0 Å². The molecule has 1 aliphatic carbocycles. The van der Waals surface area contributed by atoms with Crippen molar-refractivity contribution in [3.63, 3.8) is 0 Å². The van der Waals surface area contributed by atoms with Gasteiger partial charge < -0.3 is 20.0 Å². The number of aryl methyl sites for hydroxylation is 1. The molecule has 0 saturated heterocycles. The predicted octanol–water partition coefficient (Wildman–Crippen LogP) is 6.78. The minimum absolute atomic E-state index is 0.0136. The number of fused-ring (bicyclic) bond motifs is 2. The lowest BCUT2D eigenvalue weighted by molar-refractivity contribution is -0.188. The number of primary amides is 1. The first-order chi connectivity index (χ1) is 17.1. The largest absolute Gasteiger partial charge is 0.414 e. The average Bonchev–Trinajstić information content (AvgIpc) is 2.80. The fourth-order valence-electron chi connectivity index (χ4n) is 5.37. The third-order valence-corrected chi connectivity index (χ3v) is 13.0. The van der Waals surface area contributed by atoms with Crippen LogP contribution in [0, 0.1) is 5.92 Å². The number of para-hydroxylation sites is 1. The van der Waals surface area contributed by atoms with Crippen LogP contribution in [-0.2, 0) is 23.7 Å². The maximum absolute atomic E-state index is 14.5. The number of nitrogens with two attached hydrogens (primary N) is 1. The normalized spacial score (nSPS) is 22.3. The second-order valence-electron chi connectivity index (χ2n) is 11.9. The van der Waals surface area contributed by atoms with E-state index >= 15 is 0 Å². The van der Waals surface area contributed by atoms with Crippen molar-refractivity contribution in [3.8, 4) is 0 Å². The summed E-state index contributed by atoms with van der Waals surface area (Å²) < 4.78 is 50.2. The minimum Gasteiger partial charge on any atom is -0.414 e. The van der Waals surface area contributed by atoms with E-state index in [0.29, 0.717) is 23.4 Å². The Morgan fingerprint density at radius 1 is 1.03 bits per heavy atom. The molecule has 0 fully saturated rings. The number of nitrogens with zero attached hydrogens (tertiary/aromatic N) is 2. The highest BCUT2D eigenvalue weighted by atomic mass is 28.4. The summed E-state index contributed by atoms with van der Waals surface area (Å²) in [6.07, 6.45) is -3.79. The molecule has 0 saturated carbocycles. The van der Waals surface area contributed by atoms with Gasteiger partial charge in [-0.25, -0.2) is 4.79 Å². The molecule has 2 N–H and O–H groups in total. The van der Waals surface area contributed by atoms with Crippen molar-refractivity contribution < 1.29 is 22.4 Å². The standard InChI is InChI=1S/C28H38F3N3O2Si/c1-27(2,3)37(5,6)36-20-15-14-18-11-9-13-24(21(18)17-20)34-23-12-8-7-10-19(23)16-22(28(29,30)31)25(34)33(4)26(32)35/h7-13,20,22,25H,14-17H2,1-6H3,(H2,32,35). The van der Waals surface area contributed by atoms with Crippen molar-refractivity contribution in [3.05, 3.63) is 59.2 Å². The zero-order valence-electron chi connectivity index (χ0n) is 22.5. The van der Waals surface area contributed by atoms with Gasteiger partial charge in [-0.1, -0.05) is 51.1 Å². The first-order valence-electron chi connectivity index (χ1n) is 12.9. The van der Waals surface area contributed by atoms with Crippen molar-refractivity contribution in [2.45, 2.75) is 83.0 Å². The lowest BCUT2D eigenvalue weighted by Crippen LogP contribution is -2.59. The lowest BCUT2D eigenvalue weighted by Gasteiger charge is -2.48. The number of amides is 2. The summed E-state index contributed by atoms with van der Waals surface area (Å²) in [5.41, 5.74) is 9.62. The van der Waals surface area contributed by atoms with Crippen LogP contribution in [-0.4, -0.2) is 44.7 Å². The van der Waals surface area contributed by atoms with E-state index in [1.54, 1.807) is 17.0 Å². The van der Waals surface area contributed by atoms with Gasteiger partial charge in [0.05, 0.1) is 5.92 Å². The van der Waals surface area contributed by atoms with Crippen LogP contribution < -0.4 is 10.6 Å². The summed E-state index contributed by atoms with van der Waals surface area (Å²) in [4.78, 5) is 15.0. The molecule has 4 rings (SSSR count). The zero-order valence-corrected chi connectivity index (χ0v) is 23.5. The molecule has 37 heavy (non-hydrogen) atoms. The van der Waals surface area contributed by atoms with Crippen molar-refractivity contribution in [2.24, 2.45) is 11.7 Å². The molecule has 202 valence electrons. The highest BCUT2D eigenvalue weighted by Gasteiger charge is 2.52. The van der Waals surface area contributed by atoms with Gasteiger partial charge in [-0.05, 0) is 72.6 Å². The number of hydrogen-bond acceptors (Lipinski definition) is 3. The summed E-state index contributed by atoms with van der Waals surface area (Å²) in [5.74, 6) is -1.79. The molecule has 1 aliphatic heterocycles. The van der Waals surface area contributed by atoms with Crippen molar-refractivity contribution in [1.29, 1.82) is 0 Å². The van der Waals surface area contributed by atoms with Gasteiger partial charge in [-0.2, -0.15) is 13.2 Å². The topological polar surface area (TPSA) is 58.8 Å². The van der Waals surface area contributed by atoms with E-state index in [4.69, 9.17) is 10.2 Å². The van der Waals surface area contributed by atoms with Crippen LogP contribution >= 0.6 is 0 Å². The van der Waals surface area contributed by atoms with Crippen LogP contribution in [0.2, 0.25) is 18.1 Å². The van der Waals surface area contributed by atoms with Crippen LogP contribution in [0.5, 0.6) is 0 Å². The van der Waals surface area contributed by atoms with Crippen molar-refractivity contribution >= 4 is 25.7 Å². The Hall–Kier alpha value is -2.52. The van der Waals surface area contributed by atoms with Gasteiger partial charge in [0.1, 0.15) is 6.17 Å². The fourth-order valence-corrected chi connectivity index (χ4v) is 6.76. The van der Waals surface area contributed by atoms with Crippen LogP contribution in [0.1, 0.15) is 43.9 Å². The molecule has 5 nitrogen and oxygen atoms in total. The Morgan fingerprint density at radius 3 is 2.27 bits per heavy atom. The zero-order chi connectivity index (χ0) is 27.3. The summed E-state index contributed by atoms with van der Waals surface area (Å²) in [6, 6.07) is 12.1. The first-order valence-corrected chi connectivity index (χ1v) is 15.8. The second-order valence-corrected chi connectivity index (χ2v) is 16.6. The van der Waals surface area contributed by atoms with Gasteiger partial charge in [0.15, 0.2) is 8.32 Å². The maximum atomic E-state index is 14.5. The average molecular weight is 534 g/mol. The van der Waals surface area contributed by atoms with Crippen LogP contribution in [0.4, 0.5) is 29.3 Å². The highest BCUT2D eigenvalue weighted by Crippen LogP contribution is 2.48. The number of rotatable bonds is 4. The van der Waals surface area contributed by atoms with Crippen molar-refractivity contribution in [1.82, 2.24) is 4.90 Å². The van der Waals surface area contributed by atoms with Gasteiger partial charge in [0.25, 0.3) is 0 Å². The number of halogens is 3. The highest BCUT2D eigenvalue weighted by molar-refractivity contribution is 6.74. The van der Waals surface area contributed by atoms with Crippen LogP contribution in [0.25, 0.3) is 0 Å². The van der Waals surface area contributed by atoms with E-state index in [2.05, 4.69) is 33.9 Å². The molecule has 2 aromatic rings. The molecule has 0 aromatic heterocycles. The van der Waals surface area contributed by atoms with E-state index in [1.165, 1.54) is 7.05 Å². The van der Waals surface area contributed by atoms with E-state index in [9.17, 15) is 18.0 Å². The molecule has 0 bridgehead atoms. The van der Waals surface area contributed by atoms with Gasteiger partial charge in [0.2, 0.25) is 0 Å². The molecule has 0 spiro atoms. The number of carbonyl (C=O) groups is 1. The third kappa shape index (κ3) is 5.25. The Bertz CT molecular complexity index is 1160. The Kier molecular flexibility index (Phi) is 7.18. The maximum Gasteiger partial charge on any atom is 0.395 e. The summed E-state index contributed by atoms with van der Waals surface area (Å²) in [7, 11) is -0.689. The SMILES string of the molecule is CN(C(N)=O)C1C(C(F)(F)F)Cc2ccccc2N1c1cccc2c1CC(O[Si](C)(C)C(C)(C)C)CC2. The molecule has 2 aromatic carbocycles. The smallest absolute Gasteiger partial charge is 0.395 e. The molecule has 9 heteroatoms. The molecular formula is C28H38F3N3O2Si. The van der Waals surface area contributed by atoms with Gasteiger partial charge >= 0.3 is 12.2 Å². The summed E-state index contributed by atoms with van der Waals surface area (Å²) in [6.45, 7) is 11.1. The van der Waals surface area contributed by atoms with E-state index in [-0.39, 0.29) is 17.6 Å². The van der Waals surface area contributed by atoms with E-state index < -0.39 is 32.6 Å². The number of hydrogen-bond donors (Lipinski definition) is 1. The molecule has 0 radical (unpaired) electrons. The minimum atomic E-state index is -4.52. The molecule has 2 amide bonds. The quantitative estimate of drug-likeness (QED) is 0.441. The second kappa shape index (κ2) is 9.65. The fraction of sp³-hybridized carbons (Fsp3) is 0.536. The number of carbonyl (C=O) groups excluding carboxylic acids is 1. The van der Waals surface area contributed by atoms with Gasteiger partial charge in [0, 0.05) is 24.5 Å². The van der Waals surface area contributed by atoms with Crippen LogP contribution in [0.3, 0.4) is 0 Å². The molecular weight excluding hydrogens is 495 g/mol. The monoisotopic (exact) mass is 533 g/mol. The number of anilines is 2. The molecule has 3 atom stereocenters. The molecule has 2 aliphatic rings. The Morgan fingerprint density at radius 2 is 1.65 bits per heavy atom. The summed E-state index contributed by atoms with van der Waals surface area (Å²) >= 11 is 0. The lowest BCUT2D eigenvalue weighted by atomic mass is 9.84. The van der Waals surface area contributed by atoms with E-state index in [1.807, 2.05) is 30.3 Å². The number of alkyl halides is 3. The van der Waals surface area contributed by atoms with E-state index in [0.717, 1.165) is 28.9 Å². The molecule has 3 unspecified atom stereocenters. The van der Waals surface area contributed by atoms with Crippen molar-refractivity contribution in [2.75, 3.05) is 11.9 Å².